The van der Waals surface area contributed by atoms with Gasteiger partial charge < -0.3 is 5.11 Å². The molecule has 1 heterocycles. The number of thioether (sulfide) groups is 1. The van der Waals surface area contributed by atoms with Crippen LogP contribution in [-0.4, -0.2) is 21.8 Å². The fourth-order valence-corrected chi connectivity index (χ4v) is 3.05. The molecule has 0 unspecified atom stereocenters. The molecule has 0 aliphatic rings. The van der Waals surface area contributed by atoms with Gasteiger partial charge in [0.25, 0.3) is 0 Å². The lowest BCUT2D eigenvalue weighted by molar-refractivity contribution is -0.136. The summed E-state index contributed by atoms with van der Waals surface area (Å²) in [5.74, 6) is -0.242. The largest absolute Gasteiger partial charge is 0.481 e. The molecule has 0 saturated carbocycles. The van der Waals surface area contributed by atoms with Crippen LogP contribution in [0.2, 0.25) is 0 Å². The van der Waals surface area contributed by atoms with Crippen molar-refractivity contribution < 1.29 is 9.90 Å². The molecule has 86 valence electrons. The lowest BCUT2D eigenvalue weighted by atomic mass is 10.3. The van der Waals surface area contributed by atoms with Crippen LogP contribution in [0.3, 0.4) is 0 Å². The third-order valence-electron chi connectivity index (χ3n) is 2.04. The number of hydrogen-bond acceptors (Lipinski definition) is 5. The summed E-state index contributed by atoms with van der Waals surface area (Å²) in [7, 11) is 0. The number of carboxylic acids is 1. The fraction of sp³-hybridized carbons (Fsp3) is 0.182. The number of aromatic nitrogens is 1. The minimum absolute atomic E-state index is 0.148. The van der Waals surface area contributed by atoms with Gasteiger partial charge in [0.1, 0.15) is 6.07 Å². The Morgan fingerprint density at radius 3 is 3.12 bits per heavy atom. The van der Waals surface area contributed by atoms with Gasteiger partial charge in [0.05, 0.1) is 16.6 Å². The molecule has 1 aromatic carbocycles. The van der Waals surface area contributed by atoms with E-state index in [0.29, 0.717) is 10.8 Å². The molecule has 0 bridgehead atoms. The van der Waals surface area contributed by atoms with E-state index < -0.39 is 5.97 Å². The van der Waals surface area contributed by atoms with Gasteiger partial charge >= 0.3 is 5.97 Å². The Morgan fingerprint density at radius 2 is 2.41 bits per heavy atom. The molecule has 2 aromatic rings. The second kappa shape index (κ2) is 5.17. The van der Waals surface area contributed by atoms with Crippen LogP contribution in [0.1, 0.15) is 11.4 Å². The average Bonchev–Trinajstić information content (AvgIpc) is 2.70. The summed E-state index contributed by atoms with van der Waals surface area (Å²) < 4.78 is 0.960. The average molecular weight is 264 g/mol. The molecule has 0 amide bonds. The van der Waals surface area contributed by atoms with E-state index >= 15 is 0 Å². The highest BCUT2D eigenvalue weighted by Gasteiger charge is 2.05. The molecular formula is C11H8N2O2S2. The second-order valence-electron chi connectivity index (χ2n) is 3.25. The van der Waals surface area contributed by atoms with E-state index in [4.69, 9.17) is 10.4 Å². The first-order valence-electron chi connectivity index (χ1n) is 4.84. The van der Waals surface area contributed by atoms with Crippen molar-refractivity contribution in [1.82, 2.24) is 4.98 Å². The van der Waals surface area contributed by atoms with E-state index in [9.17, 15) is 4.79 Å². The van der Waals surface area contributed by atoms with Crippen LogP contribution in [-0.2, 0) is 4.79 Å². The Hall–Kier alpha value is -1.58. The number of aliphatic carboxylic acids is 1. The maximum absolute atomic E-state index is 10.4. The van der Waals surface area contributed by atoms with Crippen LogP contribution in [0.25, 0.3) is 10.2 Å². The van der Waals surface area contributed by atoms with E-state index in [1.165, 1.54) is 23.1 Å². The number of benzene rings is 1. The summed E-state index contributed by atoms with van der Waals surface area (Å²) in [6.45, 7) is 0. The van der Waals surface area contributed by atoms with Crippen molar-refractivity contribution in [1.29, 1.82) is 5.26 Å². The van der Waals surface area contributed by atoms with Gasteiger partial charge in [-0.3, -0.25) is 4.79 Å². The summed E-state index contributed by atoms with van der Waals surface area (Å²) in [6, 6.07) is 7.72. The molecule has 1 aromatic heterocycles. The number of carboxylic acid groups (broad SMARTS) is 1. The van der Waals surface area contributed by atoms with Gasteiger partial charge in [-0.25, -0.2) is 4.98 Å². The lowest BCUT2D eigenvalue weighted by Crippen LogP contribution is -1.95. The molecule has 0 radical (unpaired) electrons. The van der Waals surface area contributed by atoms with E-state index in [1.807, 2.05) is 24.3 Å². The van der Waals surface area contributed by atoms with E-state index in [-0.39, 0.29) is 6.42 Å². The van der Waals surface area contributed by atoms with E-state index in [0.717, 1.165) is 15.1 Å². The van der Waals surface area contributed by atoms with Crippen LogP contribution in [0.4, 0.5) is 0 Å². The number of nitrogens with zero attached hydrogens (tertiary/aromatic N) is 2. The minimum atomic E-state index is -0.789. The summed E-state index contributed by atoms with van der Waals surface area (Å²) in [4.78, 5) is 15.5. The van der Waals surface area contributed by atoms with Gasteiger partial charge in [0.15, 0.2) is 5.01 Å². The predicted octanol–water partition coefficient (Wildman–Crippen LogP) is 2.73. The van der Waals surface area contributed by atoms with Crippen LogP contribution in [0, 0.1) is 11.3 Å². The normalized spacial score (nSPS) is 10.3. The van der Waals surface area contributed by atoms with Gasteiger partial charge in [-0.05, 0) is 18.2 Å². The SMILES string of the molecule is N#Cc1nc2ccc(SCCC(=O)O)cc2s1. The molecule has 0 spiro atoms. The zero-order chi connectivity index (χ0) is 12.3. The molecule has 0 saturated heterocycles. The van der Waals surface area contributed by atoms with Gasteiger partial charge in [-0.2, -0.15) is 5.26 Å². The van der Waals surface area contributed by atoms with Crippen LogP contribution in [0.5, 0.6) is 0 Å². The molecular weight excluding hydrogens is 256 g/mol. The first-order chi connectivity index (χ1) is 8.19. The molecule has 2 rings (SSSR count). The molecule has 6 heteroatoms. The minimum Gasteiger partial charge on any atom is -0.481 e. The smallest absolute Gasteiger partial charge is 0.304 e. The first-order valence-corrected chi connectivity index (χ1v) is 6.64. The Bertz CT molecular complexity index is 601. The van der Waals surface area contributed by atoms with E-state index in [2.05, 4.69) is 4.98 Å². The van der Waals surface area contributed by atoms with Crippen molar-refractivity contribution >= 4 is 39.3 Å². The van der Waals surface area contributed by atoms with Gasteiger partial charge in [-0.1, -0.05) is 0 Å². The summed E-state index contributed by atoms with van der Waals surface area (Å²) in [6.07, 6.45) is 0.148. The van der Waals surface area contributed by atoms with Crippen molar-refractivity contribution in [3.8, 4) is 6.07 Å². The third kappa shape index (κ3) is 2.96. The topological polar surface area (TPSA) is 74.0 Å². The first kappa shape index (κ1) is 11.9. The van der Waals surface area contributed by atoms with Crippen molar-refractivity contribution in [2.75, 3.05) is 5.75 Å². The van der Waals surface area contributed by atoms with Crippen LogP contribution in [0.15, 0.2) is 23.1 Å². The van der Waals surface area contributed by atoms with Crippen molar-refractivity contribution in [3.05, 3.63) is 23.2 Å². The maximum Gasteiger partial charge on any atom is 0.304 e. The highest BCUT2D eigenvalue weighted by atomic mass is 32.2. The molecule has 0 fully saturated rings. The second-order valence-corrected chi connectivity index (χ2v) is 5.45. The Morgan fingerprint density at radius 1 is 1.59 bits per heavy atom. The lowest BCUT2D eigenvalue weighted by Gasteiger charge is -1.98. The van der Waals surface area contributed by atoms with Gasteiger partial charge in [0.2, 0.25) is 0 Å². The van der Waals surface area contributed by atoms with Crippen LogP contribution < -0.4 is 0 Å². The summed E-state index contributed by atoms with van der Waals surface area (Å²) in [5, 5.41) is 17.7. The summed E-state index contributed by atoms with van der Waals surface area (Å²) in [5.41, 5.74) is 0.814. The molecule has 0 aliphatic carbocycles. The fourth-order valence-electron chi connectivity index (χ4n) is 1.30. The van der Waals surface area contributed by atoms with Crippen molar-refractivity contribution in [2.45, 2.75) is 11.3 Å². The van der Waals surface area contributed by atoms with Gasteiger partial charge in [0, 0.05) is 10.6 Å². The maximum atomic E-state index is 10.4. The van der Waals surface area contributed by atoms with Gasteiger partial charge in [-0.15, -0.1) is 23.1 Å². The summed E-state index contributed by atoms with van der Waals surface area (Å²) >= 11 is 2.84. The molecule has 0 aliphatic heterocycles. The number of thiazole rings is 1. The number of rotatable bonds is 4. The molecule has 4 nitrogen and oxygen atoms in total. The van der Waals surface area contributed by atoms with Crippen molar-refractivity contribution in [3.63, 3.8) is 0 Å². The monoisotopic (exact) mass is 264 g/mol. The number of fused-ring (bicyclic) bond motifs is 1. The zero-order valence-corrected chi connectivity index (χ0v) is 10.3. The number of nitriles is 1. The highest BCUT2D eigenvalue weighted by Crippen LogP contribution is 2.27. The van der Waals surface area contributed by atoms with Crippen LogP contribution >= 0.6 is 23.1 Å². The Balaban J connectivity index is 2.14. The predicted molar refractivity (Wildman–Crippen MR) is 67.3 cm³/mol. The molecule has 0 atom stereocenters. The third-order valence-corrected chi connectivity index (χ3v) is 3.96. The Kier molecular flexibility index (Phi) is 3.61. The molecule has 1 N–H and O–H groups in total. The Labute approximate surface area is 106 Å². The zero-order valence-electron chi connectivity index (χ0n) is 8.71. The van der Waals surface area contributed by atoms with Crippen molar-refractivity contribution in [2.24, 2.45) is 0 Å². The van der Waals surface area contributed by atoms with E-state index in [1.54, 1.807) is 0 Å². The standard InChI is InChI=1S/C11H8N2O2S2/c12-6-10-13-8-2-1-7(5-9(8)17-10)16-4-3-11(14)15/h1-2,5H,3-4H2,(H,14,15). The number of hydrogen-bond donors (Lipinski definition) is 1. The number of carbonyl (C=O) groups is 1. The quantitative estimate of drug-likeness (QED) is 0.859. The highest BCUT2D eigenvalue weighted by molar-refractivity contribution is 7.99. The molecule has 17 heavy (non-hydrogen) atoms.